The maximum atomic E-state index is 13.3. The number of amides is 3. The quantitative estimate of drug-likeness (QED) is 0.804. The van der Waals surface area contributed by atoms with Crippen LogP contribution < -0.4 is 5.32 Å². The number of halogens is 2. The first-order chi connectivity index (χ1) is 9.25. The molecule has 2 rings (SSSR count). The van der Waals surface area contributed by atoms with Crippen molar-refractivity contribution in [2.75, 3.05) is 6.54 Å². The van der Waals surface area contributed by atoms with Gasteiger partial charge in [0.05, 0.1) is 0 Å². The molecule has 20 heavy (non-hydrogen) atoms. The van der Waals surface area contributed by atoms with Gasteiger partial charge in [-0.2, -0.15) is 0 Å². The molecule has 0 aliphatic carbocycles. The molecule has 0 aromatic heterocycles. The Morgan fingerprint density at radius 3 is 2.35 bits per heavy atom. The molecule has 3 amide bonds. The molecule has 1 saturated heterocycles. The highest BCUT2D eigenvalue weighted by Crippen LogP contribution is 2.33. The van der Waals surface area contributed by atoms with Crippen LogP contribution in [0.25, 0.3) is 0 Å². The van der Waals surface area contributed by atoms with E-state index in [4.69, 9.17) is 5.11 Å². The summed E-state index contributed by atoms with van der Waals surface area (Å²) in [5.41, 5.74) is -1.92. The van der Waals surface area contributed by atoms with Crippen LogP contribution in [0.2, 0.25) is 0 Å². The van der Waals surface area contributed by atoms with Gasteiger partial charge in [-0.25, -0.2) is 13.6 Å². The second-order valence-corrected chi connectivity index (χ2v) is 4.47. The van der Waals surface area contributed by atoms with Crippen molar-refractivity contribution < 1.29 is 28.3 Å². The normalized spacial score (nSPS) is 22.1. The minimum absolute atomic E-state index is 0.139. The van der Waals surface area contributed by atoms with Gasteiger partial charge in [-0.1, -0.05) is 0 Å². The largest absolute Gasteiger partial charge is 0.480 e. The van der Waals surface area contributed by atoms with E-state index in [0.717, 1.165) is 12.1 Å². The molecule has 1 aromatic rings. The van der Waals surface area contributed by atoms with E-state index in [9.17, 15) is 23.2 Å². The molecule has 8 heteroatoms. The van der Waals surface area contributed by atoms with Gasteiger partial charge < -0.3 is 5.11 Å². The van der Waals surface area contributed by atoms with E-state index in [1.807, 2.05) is 5.32 Å². The Morgan fingerprint density at radius 2 is 1.85 bits per heavy atom. The molecule has 0 saturated carbocycles. The predicted molar refractivity (Wildman–Crippen MR) is 61.6 cm³/mol. The summed E-state index contributed by atoms with van der Waals surface area (Å²) in [7, 11) is 0. The van der Waals surface area contributed by atoms with Crippen LogP contribution in [0.5, 0.6) is 0 Å². The summed E-state index contributed by atoms with van der Waals surface area (Å²) in [6.45, 7) is 0.455. The first-order valence-corrected chi connectivity index (χ1v) is 5.56. The van der Waals surface area contributed by atoms with Crippen LogP contribution in [0.1, 0.15) is 12.5 Å². The number of hydrogen-bond acceptors (Lipinski definition) is 3. The summed E-state index contributed by atoms with van der Waals surface area (Å²) >= 11 is 0. The molecular weight excluding hydrogens is 274 g/mol. The van der Waals surface area contributed by atoms with Crippen molar-refractivity contribution in [3.8, 4) is 0 Å². The Kier molecular flexibility index (Phi) is 3.16. The number of hydrogen-bond donors (Lipinski definition) is 2. The molecule has 106 valence electrons. The minimum atomic E-state index is -1.78. The number of carbonyl (C=O) groups is 3. The van der Waals surface area contributed by atoms with Crippen molar-refractivity contribution in [1.29, 1.82) is 0 Å². The highest BCUT2D eigenvalue weighted by Gasteiger charge is 2.51. The van der Waals surface area contributed by atoms with E-state index in [1.54, 1.807) is 0 Å². The average molecular weight is 284 g/mol. The number of nitrogens with one attached hydrogen (secondary N) is 1. The van der Waals surface area contributed by atoms with Crippen molar-refractivity contribution in [3.63, 3.8) is 0 Å². The van der Waals surface area contributed by atoms with Gasteiger partial charge in [0.2, 0.25) is 0 Å². The average Bonchev–Trinajstić information content (AvgIpc) is 2.52. The van der Waals surface area contributed by atoms with E-state index in [-0.39, 0.29) is 5.56 Å². The van der Waals surface area contributed by atoms with Crippen LogP contribution >= 0.6 is 0 Å². The van der Waals surface area contributed by atoms with Gasteiger partial charge >= 0.3 is 12.0 Å². The van der Waals surface area contributed by atoms with Gasteiger partial charge in [0.15, 0.2) is 0 Å². The number of nitrogens with zero attached hydrogens (tertiary/aromatic N) is 1. The number of carboxylic acid groups (broad SMARTS) is 1. The third kappa shape index (κ3) is 2.09. The molecule has 0 radical (unpaired) electrons. The Balaban J connectivity index is 2.55. The fourth-order valence-electron chi connectivity index (χ4n) is 2.10. The van der Waals surface area contributed by atoms with E-state index in [2.05, 4.69) is 0 Å². The van der Waals surface area contributed by atoms with Gasteiger partial charge in [0, 0.05) is 6.07 Å². The molecule has 1 heterocycles. The summed E-state index contributed by atoms with van der Waals surface area (Å²) in [5.74, 6) is -4.04. The van der Waals surface area contributed by atoms with Crippen LogP contribution in [-0.2, 0) is 15.1 Å². The summed E-state index contributed by atoms with van der Waals surface area (Å²) in [6.07, 6.45) is 0. The molecule has 1 aliphatic rings. The Bertz CT molecular complexity index is 599. The maximum Gasteiger partial charge on any atom is 0.325 e. The van der Waals surface area contributed by atoms with Crippen molar-refractivity contribution in [2.45, 2.75) is 12.5 Å². The smallest absolute Gasteiger partial charge is 0.325 e. The molecular formula is C12H10F2N2O4. The Labute approximate surface area is 112 Å². The number of carbonyl (C=O) groups excluding carboxylic acids is 2. The van der Waals surface area contributed by atoms with Crippen molar-refractivity contribution in [3.05, 3.63) is 35.4 Å². The first kappa shape index (κ1) is 13.9. The zero-order valence-electron chi connectivity index (χ0n) is 10.3. The predicted octanol–water partition coefficient (Wildman–Crippen LogP) is 0.816. The maximum absolute atomic E-state index is 13.3. The van der Waals surface area contributed by atoms with Crippen LogP contribution in [0, 0.1) is 11.6 Å². The lowest BCUT2D eigenvalue weighted by atomic mass is 9.90. The Morgan fingerprint density at radius 1 is 1.30 bits per heavy atom. The zero-order valence-corrected chi connectivity index (χ0v) is 10.3. The monoisotopic (exact) mass is 284 g/mol. The summed E-state index contributed by atoms with van der Waals surface area (Å²) in [5, 5.41) is 10.7. The molecule has 1 fully saturated rings. The third-order valence-corrected chi connectivity index (χ3v) is 3.17. The molecule has 1 unspecified atom stereocenters. The number of rotatable bonds is 3. The molecule has 0 spiro atoms. The van der Waals surface area contributed by atoms with Gasteiger partial charge in [0.25, 0.3) is 5.91 Å². The second-order valence-electron chi connectivity index (χ2n) is 4.47. The highest BCUT2D eigenvalue weighted by molar-refractivity contribution is 6.08. The SMILES string of the molecule is CC1(c2cc(F)cc(F)c2)C(=O)NC(=O)N1CC(=O)O. The topological polar surface area (TPSA) is 86.7 Å². The van der Waals surface area contributed by atoms with Gasteiger partial charge in [0.1, 0.15) is 23.7 Å². The van der Waals surface area contributed by atoms with E-state index in [1.165, 1.54) is 6.92 Å². The van der Waals surface area contributed by atoms with Crippen molar-refractivity contribution in [1.82, 2.24) is 10.2 Å². The standard InChI is InChI=1S/C12H10F2N2O4/c1-12(6-2-7(13)4-8(14)3-6)10(19)15-11(20)16(12)5-9(17)18/h2-4H,5H2,1H3,(H,17,18)(H,15,19,20). The number of aliphatic carboxylic acids is 1. The van der Waals surface area contributed by atoms with Crippen LogP contribution in [0.15, 0.2) is 18.2 Å². The number of benzene rings is 1. The number of urea groups is 1. The molecule has 1 aliphatic heterocycles. The van der Waals surface area contributed by atoms with Gasteiger partial charge in [-0.3, -0.25) is 19.8 Å². The Hall–Kier alpha value is -2.51. The van der Waals surface area contributed by atoms with Crippen molar-refractivity contribution in [2.24, 2.45) is 0 Å². The lowest BCUT2D eigenvalue weighted by Gasteiger charge is -2.31. The fourth-order valence-corrected chi connectivity index (χ4v) is 2.10. The minimum Gasteiger partial charge on any atom is -0.480 e. The van der Waals surface area contributed by atoms with Gasteiger partial charge in [-0.15, -0.1) is 0 Å². The molecule has 0 bridgehead atoms. The van der Waals surface area contributed by atoms with E-state index < -0.39 is 41.6 Å². The lowest BCUT2D eigenvalue weighted by Crippen LogP contribution is -2.46. The zero-order chi connectivity index (χ0) is 15.1. The third-order valence-electron chi connectivity index (χ3n) is 3.17. The number of carboxylic acids is 1. The molecule has 2 N–H and O–H groups in total. The first-order valence-electron chi connectivity index (χ1n) is 5.56. The molecule has 6 nitrogen and oxygen atoms in total. The van der Waals surface area contributed by atoms with Crippen LogP contribution in [0.3, 0.4) is 0 Å². The van der Waals surface area contributed by atoms with Crippen molar-refractivity contribution >= 4 is 17.9 Å². The highest BCUT2D eigenvalue weighted by atomic mass is 19.1. The summed E-state index contributed by atoms with van der Waals surface area (Å²) < 4.78 is 26.5. The molecule has 1 aromatic carbocycles. The van der Waals surface area contributed by atoms with Crippen LogP contribution in [0.4, 0.5) is 13.6 Å². The van der Waals surface area contributed by atoms with E-state index in [0.29, 0.717) is 11.0 Å². The van der Waals surface area contributed by atoms with Gasteiger partial charge in [-0.05, 0) is 24.6 Å². The number of imide groups is 1. The van der Waals surface area contributed by atoms with E-state index >= 15 is 0 Å². The fraction of sp³-hybridized carbons (Fsp3) is 0.250. The summed E-state index contributed by atoms with van der Waals surface area (Å²) in [4.78, 5) is 35.0. The molecule has 1 atom stereocenters. The van der Waals surface area contributed by atoms with Crippen LogP contribution in [-0.4, -0.2) is 34.5 Å². The lowest BCUT2D eigenvalue weighted by molar-refractivity contribution is -0.139. The second kappa shape index (κ2) is 4.55. The summed E-state index contributed by atoms with van der Waals surface area (Å²) in [6, 6.07) is 1.46.